The zero-order valence-corrected chi connectivity index (χ0v) is 12.1. The zero-order valence-electron chi connectivity index (χ0n) is 11.3. The van der Waals surface area contributed by atoms with Crippen LogP contribution in [0.5, 0.6) is 0 Å². The van der Waals surface area contributed by atoms with E-state index in [9.17, 15) is 10.1 Å². The highest BCUT2D eigenvalue weighted by Gasteiger charge is 2.28. The Balaban J connectivity index is 2.52. The number of aromatic nitrogens is 3. The normalized spacial score (nSPS) is 10.0. The van der Waals surface area contributed by atoms with Crippen molar-refractivity contribution in [2.45, 2.75) is 0 Å². The van der Waals surface area contributed by atoms with Crippen molar-refractivity contribution in [1.82, 2.24) is 15.0 Å². The molecule has 2 aromatic rings. The smallest absolute Gasteiger partial charge is 0.255 e. The predicted molar refractivity (Wildman–Crippen MR) is 82.7 cm³/mol. The van der Waals surface area contributed by atoms with Crippen molar-refractivity contribution in [1.29, 1.82) is 0 Å². The van der Waals surface area contributed by atoms with Crippen molar-refractivity contribution in [2.24, 2.45) is 0 Å². The van der Waals surface area contributed by atoms with Gasteiger partial charge in [0.15, 0.2) is 5.03 Å². The van der Waals surface area contributed by atoms with Crippen molar-refractivity contribution in [3.63, 3.8) is 0 Å². The Kier molecular flexibility index (Phi) is 4.69. The highest BCUT2D eigenvalue weighted by atomic mass is 35.5. The van der Waals surface area contributed by atoms with E-state index in [1.165, 1.54) is 11.1 Å². The number of rotatable bonds is 6. The predicted octanol–water partition coefficient (Wildman–Crippen LogP) is 1.71. The number of para-hydroxylation sites is 1. The summed E-state index contributed by atoms with van der Waals surface area (Å²) in [5.74, 6) is -0.196. The molecule has 114 valence electrons. The first-order chi connectivity index (χ1) is 10.5. The molecule has 0 saturated heterocycles. The fourth-order valence-electron chi connectivity index (χ4n) is 1.72. The van der Waals surface area contributed by atoms with Crippen molar-refractivity contribution in [3.8, 4) is 0 Å². The molecule has 0 saturated carbocycles. The van der Waals surface area contributed by atoms with Crippen molar-refractivity contribution >= 4 is 29.2 Å². The lowest BCUT2D eigenvalue weighted by atomic mass is 10.3. The summed E-state index contributed by atoms with van der Waals surface area (Å²) in [4.78, 5) is 22.9. The van der Waals surface area contributed by atoms with Crippen LogP contribution in [0.1, 0.15) is 0 Å². The summed E-state index contributed by atoms with van der Waals surface area (Å²) in [5.41, 5.74) is 5.83. The molecule has 22 heavy (non-hydrogen) atoms. The summed E-state index contributed by atoms with van der Waals surface area (Å²) in [6.07, 6.45) is 1.47. The molecule has 9 nitrogen and oxygen atoms in total. The van der Waals surface area contributed by atoms with Gasteiger partial charge in [-0.1, -0.05) is 24.3 Å². The van der Waals surface area contributed by atoms with E-state index >= 15 is 0 Å². The van der Waals surface area contributed by atoms with Gasteiger partial charge in [-0.3, -0.25) is 0 Å². The zero-order chi connectivity index (χ0) is 16.1. The molecular weight excluding hydrogens is 310 g/mol. The molecule has 2 N–H and O–H groups in total. The van der Waals surface area contributed by atoms with Crippen LogP contribution in [0.4, 0.5) is 17.6 Å². The van der Waals surface area contributed by atoms with Gasteiger partial charge in [-0.2, -0.15) is 20.0 Å². The Morgan fingerprint density at radius 1 is 1.32 bits per heavy atom. The minimum absolute atomic E-state index is 0.0575. The van der Waals surface area contributed by atoms with Crippen molar-refractivity contribution in [3.05, 3.63) is 58.4 Å². The van der Waals surface area contributed by atoms with Crippen molar-refractivity contribution < 1.29 is 5.03 Å². The Labute approximate surface area is 130 Å². The highest BCUT2D eigenvalue weighted by Crippen LogP contribution is 2.21. The van der Waals surface area contributed by atoms with Gasteiger partial charge in [0.05, 0.1) is 6.54 Å². The van der Waals surface area contributed by atoms with E-state index in [1.807, 2.05) is 0 Å². The number of hydrogen-bond acceptors (Lipinski definition) is 7. The lowest BCUT2D eigenvalue weighted by Gasteiger charge is -2.26. The molecule has 1 heterocycles. The number of halogens is 1. The van der Waals surface area contributed by atoms with Crippen LogP contribution in [-0.2, 0) is 0 Å². The molecule has 0 amide bonds. The number of nitrogen functional groups attached to an aromatic ring is 1. The summed E-state index contributed by atoms with van der Waals surface area (Å²) in [5, 5.41) is 12.7. The number of anilines is 3. The Bertz CT molecular complexity index is 662. The quantitative estimate of drug-likeness (QED) is 0.486. The first-order valence-electron chi connectivity index (χ1n) is 6.08. The highest BCUT2D eigenvalue weighted by molar-refractivity contribution is 6.28. The van der Waals surface area contributed by atoms with E-state index in [0.29, 0.717) is 5.69 Å². The van der Waals surface area contributed by atoms with Gasteiger partial charge >= 0.3 is 0 Å². The molecule has 0 aliphatic carbocycles. The summed E-state index contributed by atoms with van der Waals surface area (Å²) in [6, 6.07) is 8.24. The molecular formula is C12H12ClN7O2. The largest absolute Gasteiger partial charge is 0.368 e. The maximum atomic E-state index is 11.5. The molecule has 10 heteroatoms. The van der Waals surface area contributed by atoms with Gasteiger partial charge < -0.3 is 5.73 Å². The van der Waals surface area contributed by atoms with Crippen LogP contribution in [-0.4, -0.2) is 26.5 Å². The van der Waals surface area contributed by atoms with Crippen LogP contribution in [0.25, 0.3) is 0 Å². The first kappa shape index (κ1) is 15.4. The molecule has 0 aliphatic heterocycles. The summed E-state index contributed by atoms with van der Waals surface area (Å²) >= 11 is 5.74. The fourth-order valence-corrected chi connectivity index (χ4v) is 1.88. The van der Waals surface area contributed by atoms with Gasteiger partial charge in [0.25, 0.3) is 5.95 Å². The van der Waals surface area contributed by atoms with Gasteiger partial charge in [0.1, 0.15) is 5.69 Å². The molecule has 0 fully saturated rings. The Hall–Kier alpha value is -2.94. The van der Waals surface area contributed by atoms with Crippen LogP contribution in [0.15, 0.2) is 43.0 Å². The van der Waals surface area contributed by atoms with Gasteiger partial charge in [0, 0.05) is 5.12 Å². The van der Waals surface area contributed by atoms with E-state index in [1.54, 1.807) is 30.3 Å². The second-order valence-corrected chi connectivity index (χ2v) is 4.33. The molecule has 0 aliphatic rings. The van der Waals surface area contributed by atoms with Gasteiger partial charge in [-0.05, 0) is 23.7 Å². The van der Waals surface area contributed by atoms with Crippen LogP contribution < -0.4 is 15.9 Å². The lowest BCUT2D eigenvalue weighted by Crippen LogP contribution is -2.48. The SMILES string of the molecule is C=CCN(c1nc(N)nc(Cl)n1)N(c1ccccc1)[N+](=O)[O-]. The van der Waals surface area contributed by atoms with Crippen LogP contribution >= 0.6 is 11.6 Å². The first-order valence-corrected chi connectivity index (χ1v) is 6.45. The number of nitrogens with zero attached hydrogens (tertiary/aromatic N) is 6. The maximum absolute atomic E-state index is 11.5. The molecule has 2 rings (SSSR count). The molecule has 0 bridgehead atoms. The summed E-state index contributed by atoms with van der Waals surface area (Å²) in [6.45, 7) is 3.65. The van der Waals surface area contributed by atoms with Crippen LogP contribution in [0, 0.1) is 10.1 Å². The third kappa shape index (κ3) is 3.38. The maximum Gasteiger partial charge on any atom is 0.255 e. The van der Waals surface area contributed by atoms with Crippen LogP contribution in [0.3, 0.4) is 0 Å². The third-order valence-corrected chi connectivity index (χ3v) is 2.69. The lowest BCUT2D eigenvalue weighted by molar-refractivity contribution is -0.496. The van der Waals surface area contributed by atoms with E-state index < -0.39 is 5.03 Å². The topological polar surface area (TPSA) is 114 Å². The fraction of sp³-hybridized carbons (Fsp3) is 0.0833. The third-order valence-electron chi connectivity index (χ3n) is 2.52. The molecule has 0 radical (unpaired) electrons. The molecule has 1 aromatic heterocycles. The number of hydrogen-bond donors (Lipinski definition) is 1. The minimum atomic E-state index is -0.604. The van der Waals surface area contributed by atoms with E-state index in [0.717, 1.165) is 5.12 Å². The number of benzene rings is 1. The standard InChI is InChI=1S/C12H12ClN7O2/c1-2-8-18(12-16-10(13)15-11(14)17-12)19(20(21)22)9-6-4-3-5-7-9/h2-7H,1,8H2,(H2,14,15,16,17). The molecule has 0 spiro atoms. The Morgan fingerprint density at radius 3 is 2.55 bits per heavy atom. The minimum Gasteiger partial charge on any atom is -0.368 e. The van der Waals surface area contributed by atoms with E-state index in [2.05, 4.69) is 21.5 Å². The summed E-state index contributed by atoms with van der Waals surface area (Å²) < 4.78 is 0. The van der Waals surface area contributed by atoms with E-state index in [-0.39, 0.29) is 23.7 Å². The van der Waals surface area contributed by atoms with Gasteiger partial charge in [-0.15, -0.1) is 6.58 Å². The van der Waals surface area contributed by atoms with Crippen molar-refractivity contribution in [2.75, 3.05) is 22.4 Å². The van der Waals surface area contributed by atoms with Gasteiger partial charge in [-0.25, -0.2) is 10.1 Å². The molecule has 0 atom stereocenters. The monoisotopic (exact) mass is 321 g/mol. The van der Waals surface area contributed by atoms with Gasteiger partial charge in [0.2, 0.25) is 11.2 Å². The number of hydrazine groups is 2. The number of nitrogens with two attached hydrogens (primary N) is 1. The average molecular weight is 322 g/mol. The summed E-state index contributed by atoms with van der Waals surface area (Å²) in [7, 11) is 0. The number of nitro groups is 1. The Morgan fingerprint density at radius 2 is 2.00 bits per heavy atom. The second-order valence-electron chi connectivity index (χ2n) is 4.00. The molecule has 0 unspecified atom stereocenters. The van der Waals surface area contributed by atoms with Crippen LogP contribution in [0.2, 0.25) is 5.28 Å². The van der Waals surface area contributed by atoms with E-state index in [4.69, 9.17) is 17.3 Å². The second kappa shape index (κ2) is 6.68. The molecule has 1 aromatic carbocycles. The average Bonchev–Trinajstić information content (AvgIpc) is 2.46.